The van der Waals surface area contributed by atoms with Crippen molar-refractivity contribution < 1.29 is 52.4 Å². The number of ether oxygens (including phenoxy) is 6. The molecule has 0 N–H and O–H groups in total. The van der Waals surface area contributed by atoms with Crippen molar-refractivity contribution in [2.24, 2.45) is 17.3 Å². The molecule has 3 aliphatic rings. The van der Waals surface area contributed by atoms with Gasteiger partial charge < -0.3 is 28.4 Å². The Morgan fingerprint density at radius 1 is 0.805 bits per heavy atom. The van der Waals surface area contributed by atoms with Gasteiger partial charge in [-0.3, -0.25) is 19.2 Å². The second-order valence-corrected chi connectivity index (χ2v) is 11.7. The number of hydrogen-bond donors (Lipinski definition) is 0. The first-order chi connectivity index (χ1) is 19.2. The van der Waals surface area contributed by atoms with E-state index in [1.165, 1.54) is 27.7 Å². The van der Waals surface area contributed by atoms with Crippen LogP contribution in [-0.2, 0) is 47.6 Å². The third-order valence-electron chi connectivity index (χ3n) is 8.70. The Morgan fingerprint density at radius 2 is 1.41 bits per heavy atom. The van der Waals surface area contributed by atoms with Crippen LogP contribution in [0.2, 0.25) is 0 Å². The molecular weight excluding hydrogens is 536 g/mol. The monoisotopic (exact) mass is 574 g/mol. The lowest BCUT2D eigenvalue weighted by molar-refractivity contribution is -0.314. The van der Waals surface area contributed by atoms with E-state index in [2.05, 4.69) is 0 Å². The summed E-state index contributed by atoms with van der Waals surface area (Å²) in [5.74, 6) is -4.44. The summed E-state index contributed by atoms with van der Waals surface area (Å²) in [6.45, 7) is 9.97. The summed E-state index contributed by atoms with van der Waals surface area (Å²) < 4.78 is 36.7. The van der Waals surface area contributed by atoms with Gasteiger partial charge >= 0.3 is 29.8 Å². The van der Waals surface area contributed by atoms with E-state index < -0.39 is 83.4 Å². The van der Waals surface area contributed by atoms with Gasteiger partial charge in [0.05, 0.1) is 17.1 Å². The van der Waals surface area contributed by atoms with E-state index in [9.17, 15) is 24.0 Å². The molecule has 0 radical (unpaired) electrons. The molecule has 0 amide bonds. The summed E-state index contributed by atoms with van der Waals surface area (Å²) in [4.78, 5) is 63.7. The number of benzene rings is 1. The van der Waals surface area contributed by atoms with Crippen LogP contribution >= 0.6 is 0 Å². The first-order valence-corrected chi connectivity index (χ1v) is 13.8. The van der Waals surface area contributed by atoms with Gasteiger partial charge in [-0.05, 0) is 44.7 Å². The molecule has 1 spiro atoms. The van der Waals surface area contributed by atoms with Gasteiger partial charge in [0.25, 0.3) is 0 Å². The quantitative estimate of drug-likeness (QED) is 0.350. The van der Waals surface area contributed by atoms with Crippen LogP contribution in [0.25, 0.3) is 0 Å². The molecule has 1 aliphatic heterocycles. The van der Waals surface area contributed by atoms with E-state index in [1.54, 1.807) is 44.2 Å². The van der Waals surface area contributed by atoms with Crippen LogP contribution in [0.3, 0.4) is 0 Å². The number of esters is 5. The van der Waals surface area contributed by atoms with Gasteiger partial charge in [0.15, 0.2) is 6.10 Å². The maximum atomic E-state index is 13.7. The average molecular weight is 575 g/mol. The second-order valence-electron chi connectivity index (χ2n) is 11.7. The molecule has 1 saturated heterocycles. The van der Waals surface area contributed by atoms with Crippen molar-refractivity contribution in [1.29, 1.82) is 0 Å². The largest absolute Gasteiger partial charge is 0.465 e. The molecule has 4 unspecified atom stereocenters. The van der Waals surface area contributed by atoms with Crippen LogP contribution in [0.5, 0.6) is 0 Å². The summed E-state index contributed by atoms with van der Waals surface area (Å²) in [5, 5.41) is 0. The fourth-order valence-electron chi connectivity index (χ4n) is 7.44. The van der Waals surface area contributed by atoms with Crippen LogP contribution in [0.4, 0.5) is 0 Å². The molecule has 41 heavy (non-hydrogen) atoms. The van der Waals surface area contributed by atoms with Crippen LogP contribution in [0.1, 0.15) is 71.7 Å². The molecule has 4 rings (SSSR count). The number of carbonyl (C=O) groups is 5. The Bertz CT molecular complexity index is 1210. The lowest BCUT2D eigenvalue weighted by Crippen LogP contribution is -2.79. The molecule has 11 heteroatoms. The number of fused-ring (bicyclic) bond motifs is 1. The van der Waals surface area contributed by atoms with Crippen LogP contribution < -0.4 is 0 Å². The highest BCUT2D eigenvalue weighted by Crippen LogP contribution is 2.68. The first-order valence-electron chi connectivity index (χ1n) is 13.8. The Balaban J connectivity index is 2.06. The van der Waals surface area contributed by atoms with E-state index in [4.69, 9.17) is 28.4 Å². The maximum Gasteiger partial charge on any atom is 0.338 e. The summed E-state index contributed by atoms with van der Waals surface area (Å²) in [5.41, 5.74) is -3.98. The Hall–Kier alpha value is -3.47. The summed E-state index contributed by atoms with van der Waals surface area (Å²) in [6, 6.07) is 8.24. The van der Waals surface area contributed by atoms with Crippen molar-refractivity contribution in [3.63, 3.8) is 0 Å². The van der Waals surface area contributed by atoms with Crippen LogP contribution in [-0.4, -0.2) is 72.1 Å². The molecule has 1 aromatic rings. The van der Waals surface area contributed by atoms with E-state index in [0.717, 1.165) is 0 Å². The normalized spacial score (nSPS) is 34.9. The molecule has 0 aromatic heterocycles. The summed E-state index contributed by atoms with van der Waals surface area (Å²) in [7, 11) is 0. The fourth-order valence-corrected chi connectivity index (χ4v) is 7.44. The topological polar surface area (TPSA) is 141 Å². The van der Waals surface area contributed by atoms with Crippen LogP contribution in [0, 0.1) is 17.3 Å². The zero-order valence-electron chi connectivity index (χ0n) is 24.5. The van der Waals surface area contributed by atoms with Gasteiger partial charge in [-0.15, -0.1) is 0 Å². The Kier molecular flexibility index (Phi) is 8.23. The number of rotatable bonds is 7. The predicted octanol–water partition coefficient (Wildman–Crippen LogP) is 3.16. The first kappa shape index (κ1) is 30.5. The molecule has 2 bridgehead atoms. The molecule has 3 fully saturated rings. The Labute approximate surface area is 239 Å². The molecule has 2 aliphatic carbocycles. The third kappa shape index (κ3) is 5.09. The van der Waals surface area contributed by atoms with Gasteiger partial charge in [0, 0.05) is 27.7 Å². The van der Waals surface area contributed by atoms with Gasteiger partial charge in [0.2, 0.25) is 0 Å². The average Bonchev–Trinajstić information content (AvgIpc) is 3.06. The molecule has 8 atom stereocenters. The van der Waals surface area contributed by atoms with E-state index in [1.807, 2.05) is 6.92 Å². The van der Waals surface area contributed by atoms with Crippen LogP contribution in [0.15, 0.2) is 30.3 Å². The zero-order valence-corrected chi connectivity index (χ0v) is 24.5. The van der Waals surface area contributed by atoms with Gasteiger partial charge in [-0.25, -0.2) is 4.79 Å². The minimum absolute atomic E-state index is 0.230. The van der Waals surface area contributed by atoms with Crippen molar-refractivity contribution in [2.75, 3.05) is 6.61 Å². The smallest absolute Gasteiger partial charge is 0.338 e. The molecule has 11 nitrogen and oxygen atoms in total. The maximum absolute atomic E-state index is 13.7. The van der Waals surface area contributed by atoms with Gasteiger partial charge in [-0.2, -0.15) is 0 Å². The summed E-state index contributed by atoms with van der Waals surface area (Å²) >= 11 is 0. The highest BCUT2D eigenvalue weighted by Gasteiger charge is 2.84. The van der Waals surface area contributed by atoms with Crippen molar-refractivity contribution in [3.8, 4) is 0 Å². The fraction of sp³-hybridized carbons (Fsp3) is 0.633. The van der Waals surface area contributed by atoms with Gasteiger partial charge in [-0.1, -0.05) is 25.1 Å². The molecule has 224 valence electrons. The number of hydrogen-bond acceptors (Lipinski definition) is 11. The molecule has 2 saturated carbocycles. The molecule has 1 heterocycles. The lowest BCUT2D eigenvalue weighted by atomic mass is 9.47. The standard InChI is InChI=1S/C30H38O11/c1-16-13-14-22(37-18(3)32)29(15-36-17(2)31)26(40-27(35)21-11-9-8-10-12-21)24(38-19(4)33)23-25(39-20(5)34)30(16,29)41-28(23,6)7/h8-12,16,22-26H,13-15H2,1-7H3/t16?,22-,23?,24+,25?,26+,29-,30?/m0/s1. The minimum atomic E-state index is -1.64. The van der Waals surface area contributed by atoms with E-state index in [0.29, 0.717) is 6.42 Å². The predicted molar refractivity (Wildman–Crippen MR) is 141 cm³/mol. The van der Waals surface area contributed by atoms with Gasteiger partial charge in [0.1, 0.15) is 35.9 Å². The van der Waals surface area contributed by atoms with E-state index >= 15 is 0 Å². The third-order valence-corrected chi connectivity index (χ3v) is 8.70. The molecular formula is C30H38O11. The Morgan fingerprint density at radius 3 is 1.98 bits per heavy atom. The van der Waals surface area contributed by atoms with E-state index in [-0.39, 0.29) is 17.9 Å². The minimum Gasteiger partial charge on any atom is -0.465 e. The molecule has 1 aromatic carbocycles. The highest BCUT2D eigenvalue weighted by molar-refractivity contribution is 5.89. The SMILES string of the molecule is CC(=O)OC[C@@]12[C@@H](OC(C)=O)CCC(C)C13OC(C)(C)C(C3OC(C)=O)[C@@H](OC(C)=O)[C@H]2OC(=O)c1ccccc1. The van der Waals surface area contributed by atoms with Crippen molar-refractivity contribution in [3.05, 3.63) is 35.9 Å². The highest BCUT2D eigenvalue weighted by atomic mass is 16.6. The number of carbonyl (C=O) groups excluding carboxylic acids is 5. The second kappa shape index (κ2) is 11.1. The lowest BCUT2D eigenvalue weighted by Gasteiger charge is -2.63. The van der Waals surface area contributed by atoms with Crippen molar-refractivity contribution >= 4 is 29.8 Å². The van der Waals surface area contributed by atoms with Crippen molar-refractivity contribution in [2.45, 2.75) is 96.9 Å². The summed E-state index contributed by atoms with van der Waals surface area (Å²) in [6.07, 6.45) is -3.85. The van der Waals surface area contributed by atoms with Crippen molar-refractivity contribution in [1.82, 2.24) is 0 Å². The zero-order chi connectivity index (χ0) is 30.3.